The fourth-order valence-corrected chi connectivity index (χ4v) is 3.17. The summed E-state index contributed by atoms with van der Waals surface area (Å²) in [6.07, 6.45) is 7.16. The van der Waals surface area contributed by atoms with Gasteiger partial charge in [-0.3, -0.25) is 4.79 Å². The number of rotatable bonds is 6. The minimum absolute atomic E-state index is 0.247. The number of allylic oxidation sites excluding steroid dienone is 1. The molecule has 4 heteroatoms. The van der Waals surface area contributed by atoms with E-state index in [-0.39, 0.29) is 6.10 Å². The van der Waals surface area contributed by atoms with Crippen molar-refractivity contribution in [3.63, 3.8) is 0 Å². The van der Waals surface area contributed by atoms with Gasteiger partial charge in [0.25, 0.3) is 0 Å². The maximum absolute atomic E-state index is 11.7. The van der Waals surface area contributed by atoms with E-state index in [0.29, 0.717) is 11.9 Å². The van der Waals surface area contributed by atoms with Crippen LogP contribution in [0.1, 0.15) is 38.5 Å². The molecule has 2 heterocycles. The molecule has 0 radical (unpaired) electrons. The van der Waals surface area contributed by atoms with E-state index >= 15 is 0 Å². The summed E-state index contributed by atoms with van der Waals surface area (Å²) in [5.41, 5.74) is 0. The fourth-order valence-electron chi connectivity index (χ4n) is 3.17. The van der Waals surface area contributed by atoms with E-state index in [0.717, 1.165) is 64.7 Å². The molecule has 2 rings (SSSR count). The molecular weight excluding hydrogens is 240 g/mol. The molecule has 0 aromatic carbocycles. The van der Waals surface area contributed by atoms with Crippen molar-refractivity contribution in [2.24, 2.45) is 0 Å². The van der Waals surface area contributed by atoms with Gasteiger partial charge in [-0.15, -0.1) is 6.58 Å². The molecule has 0 aromatic heterocycles. The maximum atomic E-state index is 11.7. The molecular formula is C15H26N2O2. The smallest absolute Gasteiger partial charge is 0.222 e. The number of carbonyl (C=O) groups excluding carboxylic acids is 1. The maximum Gasteiger partial charge on any atom is 0.222 e. The molecule has 1 N–H and O–H groups in total. The number of β-amino-alcohol motifs (C(OH)–C–C–N with tert-alkyl or cyclic N) is 1. The van der Waals surface area contributed by atoms with E-state index in [2.05, 4.69) is 16.4 Å². The van der Waals surface area contributed by atoms with E-state index in [1.165, 1.54) is 0 Å². The van der Waals surface area contributed by atoms with Crippen LogP contribution in [-0.4, -0.2) is 59.1 Å². The highest BCUT2D eigenvalue weighted by molar-refractivity contribution is 5.78. The van der Waals surface area contributed by atoms with Crippen molar-refractivity contribution < 1.29 is 9.90 Å². The summed E-state index contributed by atoms with van der Waals surface area (Å²) in [6, 6.07) is 0.441. The molecule has 0 saturated carbocycles. The molecule has 108 valence electrons. The zero-order valence-corrected chi connectivity index (χ0v) is 11.8. The van der Waals surface area contributed by atoms with Crippen LogP contribution < -0.4 is 0 Å². The third-order valence-electron chi connectivity index (χ3n) is 4.28. The lowest BCUT2D eigenvalue weighted by Gasteiger charge is -2.37. The Morgan fingerprint density at radius 3 is 2.68 bits per heavy atom. The Morgan fingerprint density at radius 2 is 2.11 bits per heavy atom. The molecule has 0 spiro atoms. The van der Waals surface area contributed by atoms with Crippen LogP contribution in [0.2, 0.25) is 0 Å². The van der Waals surface area contributed by atoms with Gasteiger partial charge in [-0.25, -0.2) is 0 Å². The van der Waals surface area contributed by atoms with Crippen LogP contribution in [0, 0.1) is 0 Å². The van der Waals surface area contributed by atoms with Crippen LogP contribution in [0.3, 0.4) is 0 Å². The topological polar surface area (TPSA) is 43.8 Å². The Labute approximate surface area is 116 Å². The van der Waals surface area contributed by atoms with E-state index in [9.17, 15) is 9.90 Å². The van der Waals surface area contributed by atoms with E-state index in [1.807, 2.05) is 6.08 Å². The number of piperidine rings is 1. The van der Waals surface area contributed by atoms with E-state index in [4.69, 9.17) is 0 Å². The van der Waals surface area contributed by atoms with Gasteiger partial charge in [0.1, 0.15) is 0 Å². The lowest BCUT2D eigenvalue weighted by atomic mass is 10.0. The zero-order valence-electron chi connectivity index (χ0n) is 11.8. The van der Waals surface area contributed by atoms with Gasteiger partial charge < -0.3 is 14.9 Å². The highest BCUT2D eigenvalue weighted by Gasteiger charge is 2.30. The first-order valence-electron chi connectivity index (χ1n) is 7.51. The standard InChI is InChI=1S/C15H26N2O2/c1-2-3-5-14(18)12-16-10-7-13(8-11-16)17-9-4-6-15(17)19/h2,13-14,18H,1,3-12H2/t14-/m0/s1. The van der Waals surface area contributed by atoms with Crippen molar-refractivity contribution in [2.45, 2.75) is 50.7 Å². The molecule has 19 heavy (non-hydrogen) atoms. The van der Waals surface area contributed by atoms with Crippen LogP contribution in [0.4, 0.5) is 0 Å². The Kier molecular flexibility index (Phi) is 5.40. The third kappa shape index (κ3) is 4.05. The average molecular weight is 266 g/mol. The van der Waals surface area contributed by atoms with Gasteiger partial charge in [0.2, 0.25) is 5.91 Å². The molecule has 2 aliphatic rings. The first-order valence-corrected chi connectivity index (χ1v) is 7.51. The van der Waals surface area contributed by atoms with Gasteiger partial charge in [0.05, 0.1) is 6.10 Å². The van der Waals surface area contributed by atoms with E-state index < -0.39 is 0 Å². The molecule has 1 amide bonds. The Morgan fingerprint density at radius 1 is 1.37 bits per heavy atom. The van der Waals surface area contributed by atoms with Crippen LogP contribution >= 0.6 is 0 Å². The van der Waals surface area contributed by atoms with Gasteiger partial charge in [0, 0.05) is 38.6 Å². The Hall–Kier alpha value is -0.870. The number of hydrogen-bond donors (Lipinski definition) is 1. The van der Waals surface area contributed by atoms with Gasteiger partial charge in [-0.05, 0) is 32.1 Å². The Bertz CT molecular complexity index is 311. The minimum Gasteiger partial charge on any atom is -0.392 e. The first kappa shape index (κ1) is 14.5. The second-order valence-electron chi connectivity index (χ2n) is 5.74. The highest BCUT2D eigenvalue weighted by atomic mass is 16.3. The number of nitrogens with zero attached hydrogens (tertiary/aromatic N) is 2. The van der Waals surface area contributed by atoms with Gasteiger partial charge >= 0.3 is 0 Å². The molecule has 2 aliphatic heterocycles. The number of likely N-dealkylation sites (tertiary alicyclic amines) is 2. The molecule has 0 unspecified atom stereocenters. The van der Waals surface area contributed by atoms with Crippen LogP contribution in [0.5, 0.6) is 0 Å². The fraction of sp³-hybridized carbons (Fsp3) is 0.800. The van der Waals surface area contributed by atoms with Gasteiger partial charge in [-0.1, -0.05) is 6.08 Å². The molecule has 1 atom stereocenters. The second-order valence-corrected chi connectivity index (χ2v) is 5.74. The van der Waals surface area contributed by atoms with Gasteiger partial charge in [-0.2, -0.15) is 0 Å². The van der Waals surface area contributed by atoms with Crippen molar-refractivity contribution in [2.75, 3.05) is 26.2 Å². The number of carbonyl (C=O) groups is 1. The SMILES string of the molecule is C=CCC[C@H](O)CN1CCC(N2CCCC2=O)CC1. The Balaban J connectivity index is 1.70. The summed E-state index contributed by atoms with van der Waals surface area (Å²) in [7, 11) is 0. The predicted octanol–water partition coefficient (Wildman–Crippen LogP) is 1.40. The molecule has 4 nitrogen and oxygen atoms in total. The number of amides is 1. The highest BCUT2D eigenvalue weighted by Crippen LogP contribution is 2.22. The summed E-state index contributed by atoms with van der Waals surface area (Å²) in [5, 5.41) is 9.90. The first-order chi connectivity index (χ1) is 9.20. The summed E-state index contributed by atoms with van der Waals surface area (Å²) >= 11 is 0. The number of hydrogen-bond acceptors (Lipinski definition) is 3. The van der Waals surface area contributed by atoms with Crippen molar-refractivity contribution in [3.8, 4) is 0 Å². The summed E-state index contributed by atoms with van der Waals surface area (Å²) in [4.78, 5) is 16.1. The van der Waals surface area contributed by atoms with Crippen molar-refractivity contribution in [1.29, 1.82) is 0 Å². The van der Waals surface area contributed by atoms with Crippen LogP contribution in [0.15, 0.2) is 12.7 Å². The average Bonchev–Trinajstić information content (AvgIpc) is 2.83. The minimum atomic E-state index is -0.247. The molecule has 0 aromatic rings. The molecule has 2 fully saturated rings. The second kappa shape index (κ2) is 7.06. The quantitative estimate of drug-likeness (QED) is 0.739. The van der Waals surface area contributed by atoms with Crippen LogP contribution in [-0.2, 0) is 4.79 Å². The third-order valence-corrected chi connectivity index (χ3v) is 4.28. The van der Waals surface area contributed by atoms with Crippen molar-refractivity contribution in [3.05, 3.63) is 12.7 Å². The summed E-state index contributed by atoms with van der Waals surface area (Å²) < 4.78 is 0. The number of aliphatic hydroxyl groups excluding tert-OH is 1. The molecule has 2 saturated heterocycles. The van der Waals surface area contributed by atoms with Gasteiger partial charge in [0.15, 0.2) is 0 Å². The molecule has 0 aliphatic carbocycles. The zero-order chi connectivity index (χ0) is 13.7. The molecule has 0 bridgehead atoms. The lowest BCUT2D eigenvalue weighted by molar-refractivity contribution is -0.130. The monoisotopic (exact) mass is 266 g/mol. The van der Waals surface area contributed by atoms with E-state index in [1.54, 1.807) is 0 Å². The predicted molar refractivity (Wildman–Crippen MR) is 75.8 cm³/mol. The number of aliphatic hydroxyl groups is 1. The summed E-state index contributed by atoms with van der Waals surface area (Å²) in [6.45, 7) is 7.39. The lowest BCUT2D eigenvalue weighted by Crippen LogP contribution is -2.47. The van der Waals surface area contributed by atoms with Crippen LogP contribution in [0.25, 0.3) is 0 Å². The van der Waals surface area contributed by atoms with Crippen molar-refractivity contribution in [1.82, 2.24) is 9.80 Å². The van der Waals surface area contributed by atoms with Crippen molar-refractivity contribution >= 4 is 5.91 Å². The normalized spacial score (nSPS) is 23.8. The summed E-state index contributed by atoms with van der Waals surface area (Å²) in [5.74, 6) is 0.337. The largest absolute Gasteiger partial charge is 0.392 e.